The number of amides is 2. The van der Waals surface area contributed by atoms with Crippen LogP contribution in [0.15, 0.2) is 48.5 Å². The van der Waals surface area contributed by atoms with Gasteiger partial charge in [0, 0.05) is 18.7 Å². The summed E-state index contributed by atoms with van der Waals surface area (Å²) in [5.74, 6) is 1.05. The lowest BCUT2D eigenvalue weighted by Gasteiger charge is -2.28. The lowest BCUT2D eigenvalue weighted by molar-refractivity contribution is -0.119. The van der Waals surface area contributed by atoms with Crippen LogP contribution in [0.25, 0.3) is 0 Å². The number of carbonyl (C=O) groups excluding carboxylic acids is 2. The van der Waals surface area contributed by atoms with E-state index in [0.717, 1.165) is 12.8 Å². The van der Waals surface area contributed by atoms with E-state index in [1.807, 2.05) is 18.2 Å². The number of piperidine rings is 1. The fourth-order valence-corrected chi connectivity index (χ4v) is 2.90. The van der Waals surface area contributed by atoms with Crippen molar-refractivity contribution in [3.05, 3.63) is 48.5 Å². The first-order chi connectivity index (χ1) is 12.7. The second kappa shape index (κ2) is 8.38. The maximum Gasteiger partial charge on any atom is 0.262 e. The topological polar surface area (TPSA) is 67.9 Å². The number of hydrogen-bond donors (Lipinski definition) is 1. The summed E-state index contributed by atoms with van der Waals surface area (Å²) in [6.45, 7) is 0.567. The number of nitrogens with zero attached hydrogens (tertiary/aromatic N) is 1. The zero-order valence-electron chi connectivity index (χ0n) is 14.7. The maximum atomic E-state index is 12.2. The van der Waals surface area contributed by atoms with Gasteiger partial charge in [-0.1, -0.05) is 18.2 Å². The molecule has 6 heteroatoms. The number of carbonyl (C=O) groups is 2. The van der Waals surface area contributed by atoms with Gasteiger partial charge >= 0.3 is 0 Å². The Hall–Kier alpha value is -3.02. The minimum atomic E-state index is -0.269. The Kier molecular flexibility index (Phi) is 5.73. The van der Waals surface area contributed by atoms with Crippen LogP contribution < -0.4 is 19.7 Å². The molecule has 0 spiro atoms. The Bertz CT molecular complexity index is 777. The van der Waals surface area contributed by atoms with Crippen molar-refractivity contribution in [2.24, 2.45) is 0 Å². The molecule has 26 heavy (non-hydrogen) atoms. The first kappa shape index (κ1) is 17.8. The number of ether oxygens (including phenoxy) is 2. The number of methoxy groups -OCH3 is 1. The van der Waals surface area contributed by atoms with Crippen molar-refractivity contribution in [1.29, 1.82) is 0 Å². The Labute approximate surface area is 152 Å². The molecule has 1 heterocycles. The molecule has 0 unspecified atom stereocenters. The molecule has 6 nitrogen and oxygen atoms in total. The number of para-hydroxylation sites is 1. The highest BCUT2D eigenvalue weighted by atomic mass is 16.5. The lowest BCUT2D eigenvalue weighted by Crippen LogP contribution is -2.35. The summed E-state index contributed by atoms with van der Waals surface area (Å²) < 4.78 is 10.8. The third-order valence-corrected chi connectivity index (χ3v) is 4.19. The molecule has 0 aromatic heterocycles. The van der Waals surface area contributed by atoms with Crippen molar-refractivity contribution < 1.29 is 19.1 Å². The molecule has 3 rings (SSSR count). The zero-order valence-corrected chi connectivity index (χ0v) is 14.7. The lowest BCUT2D eigenvalue weighted by atomic mass is 10.1. The molecular formula is C20H22N2O4. The average molecular weight is 354 g/mol. The smallest absolute Gasteiger partial charge is 0.262 e. The standard InChI is InChI=1S/C20H22N2O4/c1-25-18-11-10-15(13-17(18)22-12-6-5-9-20(22)24)21-19(23)14-26-16-7-3-2-4-8-16/h2-4,7-8,10-11,13H,5-6,9,12,14H2,1H3,(H,21,23). The molecule has 0 saturated carbocycles. The second-order valence-corrected chi connectivity index (χ2v) is 6.04. The minimum Gasteiger partial charge on any atom is -0.495 e. The molecule has 2 amide bonds. The van der Waals surface area contributed by atoms with E-state index in [9.17, 15) is 9.59 Å². The van der Waals surface area contributed by atoms with Gasteiger partial charge in [0.15, 0.2) is 6.61 Å². The van der Waals surface area contributed by atoms with E-state index in [2.05, 4.69) is 5.32 Å². The molecule has 2 aromatic rings. The molecule has 1 aliphatic rings. The zero-order chi connectivity index (χ0) is 18.4. The van der Waals surface area contributed by atoms with Crippen LogP contribution in [-0.4, -0.2) is 32.1 Å². The van der Waals surface area contributed by atoms with Crippen molar-refractivity contribution in [3.8, 4) is 11.5 Å². The van der Waals surface area contributed by atoms with Crippen LogP contribution >= 0.6 is 0 Å². The summed E-state index contributed by atoms with van der Waals surface area (Å²) in [5, 5.41) is 2.80. The van der Waals surface area contributed by atoms with E-state index in [4.69, 9.17) is 9.47 Å². The van der Waals surface area contributed by atoms with Crippen LogP contribution in [0, 0.1) is 0 Å². The van der Waals surface area contributed by atoms with Gasteiger partial charge in [0.25, 0.3) is 5.91 Å². The summed E-state index contributed by atoms with van der Waals surface area (Å²) in [4.78, 5) is 26.1. The Morgan fingerprint density at radius 1 is 1.15 bits per heavy atom. The third kappa shape index (κ3) is 4.33. The Morgan fingerprint density at radius 3 is 2.69 bits per heavy atom. The number of rotatable bonds is 6. The van der Waals surface area contributed by atoms with Crippen LogP contribution in [0.2, 0.25) is 0 Å². The van der Waals surface area contributed by atoms with Crippen LogP contribution in [-0.2, 0) is 9.59 Å². The number of nitrogens with one attached hydrogen (secondary N) is 1. The molecule has 1 saturated heterocycles. The molecule has 1 fully saturated rings. The molecule has 0 bridgehead atoms. The van der Waals surface area contributed by atoms with Crippen LogP contribution in [0.1, 0.15) is 19.3 Å². The summed E-state index contributed by atoms with van der Waals surface area (Å²) in [5.41, 5.74) is 1.28. The first-order valence-corrected chi connectivity index (χ1v) is 8.63. The third-order valence-electron chi connectivity index (χ3n) is 4.19. The number of anilines is 2. The number of hydrogen-bond acceptors (Lipinski definition) is 4. The van der Waals surface area contributed by atoms with Gasteiger partial charge in [0.05, 0.1) is 12.8 Å². The van der Waals surface area contributed by atoms with Crippen molar-refractivity contribution in [3.63, 3.8) is 0 Å². The minimum absolute atomic E-state index is 0.0745. The van der Waals surface area contributed by atoms with Gasteiger partial charge < -0.3 is 19.7 Å². The fraction of sp³-hybridized carbons (Fsp3) is 0.300. The maximum absolute atomic E-state index is 12.2. The quantitative estimate of drug-likeness (QED) is 0.865. The van der Waals surface area contributed by atoms with Gasteiger partial charge in [0.1, 0.15) is 11.5 Å². The summed E-state index contributed by atoms with van der Waals surface area (Å²) in [7, 11) is 1.57. The molecule has 1 aliphatic heterocycles. The van der Waals surface area contributed by atoms with E-state index >= 15 is 0 Å². The van der Waals surface area contributed by atoms with Gasteiger partial charge in [-0.3, -0.25) is 9.59 Å². The predicted molar refractivity (Wildman–Crippen MR) is 99.8 cm³/mol. The largest absolute Gasteiger partial charge is 0.495 e. The van der Waals surface area contributed by atoms with Crippen LogP contribution in [0.3, 0.4) is 0 Å². The highest BCUT2D eigenvalue weighted by Crippen LogP contribution is 2.33. The SMILES string of the molecule is COc1ccc(NC(=O)COc2ccccc2)cc1N1CCCCC1=O. The van der Waals surface area contributed by atoms with Gasteiger partial charge in [-0.05, 0) is 43.2 Å². The molecule has 0 radical (unpaired) electrons. The Morgan fingerprint density at radius 2 is 1.96 bits per heavy atom. The van der Waals surface area contributed by atoms with E-state index in [1.165, 1.54) is 0 Å². The normalized spacial score (nSPS) is 14.0. The summed E-state index contributed by atoms with van der Waals surface area (Å²) >= 11 is 0. The van der Waals surface area contributed by atoms with Crippen molar-refractivity contribution in [1.82, 2.24) is 0 Å². The Balaban J connectivity index is 1.69. The van der Waals surface area contributed by atoms with Crippen molar-refractivity contribution >= 4 is 23.2 Å². The molecule has 136 valence electrons. The highest BCUT2D eigenvalue weighted by molar-refractivity contribution is 5.97. The summed E-state index contributed by atoms with van der Waals surface area (Å²) in [6.07, 6.45) is 2.39. The molecule has 2 aromatic carbocycles. The van der Waals surface area contributed by atoms with E-state index in [1.54, 1.807) is 42.3 Å². The molecule has 1 N–H and O–H groups in total. The van der Waals surface area contributed by atoms with E-state index in [-0.39, 0.29) is 18.4 Å². The molecule has 0 atom stereocenters. The van der Waals surface area contributed by atoms with Crippen LogP contribution in [0.5, 0.6) is 11.5 Å². The monoisotopic (exact) mass is 354 g/mol. The molecule has 0 aliphatic carbocycles. The van der Waals surface area contributed by atoms with E-state index in [0.29, 0.717) is 35.8 Å². The molecular weight excluding hydrogens is 332 g/mol. The van der Waals surface area contributed by atoms with Gasteiger partial charge in [-0.25, -0.2) is 0 Å². The average Bonchev–Trinajstić information content (AvgIpc) is 2.67. The van der Waals surface area contributed by atoms with Gasteiger partial charge in [-0.15, -0.1) is 0 Å². The van der Waals surface area contributed by atoms with Gasteiger partial charge in [-0.2, -0.15) is 0 Å². The second-order valence-electron chi connectivity index (χ2n) is 6.04. The van der Waals surface area contributed by atoms with Crippen molar-refractivity contribution in [2.45, 2.75) is 19.3 Å². The fourth-order valence-electron chi connectivity index (χ4n) is 2.90. The van der Waals surface area contributed by atoms with Crippen LogP contribution in [0.4, 0.5) is 11.4 Å². The van der Waals surface area contributed by atoms with Gasteiger partial charge in [0.2, 0.25) is 5.91 Å². The van der Waals surface area contributed by atoms with E-state index < -0.39 is 0 Å². The summed E-state index contributed by atoms with van der Waals surface area (Å²) in [6, 6.07) is 14.4. The predicted octanol–water partition coefficient (Wildman–Crippen LogP) is 3.23. The highest BCUT2D eigenvalue weighted by Gasteiger charge is 2.23. The van der Waals surface area contributed by atoms with Crippen molar-refractivity contribution in [2.75, 3.05) is 30.5 Å². The first-order valence-electron chi connectivity index (χ1n) is 8.63. The number of benzene rings is 2.